The molecule has 3 N–H and O–H groups in total. The number of azide groups is 1. The summed E-state index contributed by atoms with van der Waals surface area (Å²) in [6.45, 7) is 0.860. The summed E-state index contributed by atoms with van der Waals surface area (Å²) in [5.41, 5.74) is 13.1. The molecule has 6 heteroatoms. The highest BCUT2D eigenvalue weighted by Crippen LogP contribution is 2.26. The van der Waals surface area contributed by atoms with Crippen molar-refractivity contribution in [2.24, 2.45) is 10.8 Å². The van der Waals surface area contributed by atoms with Crippen molar-refractivity contribution in [3.63, 3.8) is 0 Å². The van der Waals surface area contributed by atoms with E-state index >= 15 is 0 Å². The van der Waals surface area contributed by atoms with Crippen LogP contribution in [0.3, 0.4) is 0 Å². The standard InChI is InChI=1S/C11H21N5O/c12-10(17)11(14-8-9-15-16-13)6-4-2-1-3-5-7-11/h14H,1-9H2,(H2,12,17). The summed E-state index contributed by atoms with van der Waals surface area (Å²) in [5.74, 6) is -0.277. The topological polar surface area (TPSA) is 104 Å². The smallest absolute Gasteiger partial charge is 0.237 e. The van der Waals surface area contributed by atoms with Crippen LogP contribution in [0.1, 0.15) is 44.9 Å². The molecule has 6 nitrogen and oxygen atoms in total. The number of amides is 1. The number of rotatable bonds is 5. The summed E-state index contributed by atoms with van der Waals surface area (Å²) in [4.78, 5) is 14.3. The van der Waals surface area contributed by atoms with Crippen molar-refractivity contribution in [1.29, 1.82) is 0 Å². The Bertz CT molecular complexity index is 290. The number of hydrogen-bond acceptors (Lipinski definition) is 3. The first kappa shape index (κ1) is 13.8. The van der Waals surface area contributed by atoms with Crippen LogP contribution in [0.4, 0.5) is 0 Å². The SMILES string of the molecule is [N-]=[N+]=NCCNC1(C(N)=O)CCCCCCC1. The zero-order valence-corrected chi connectivity index (χ0v) is 10.2. The van der Waals surface area contributed by atoms with E-state index in [0.717, 1.165) is 38.5 Å². The highest BCUT2D eigenvalue weighted by atomic mass is 16.1. The molecule has 0 spiro atoms. The minimum Gasteiger partial charge on any atom is -0.368 e. The van der Waals surface area contributed by atoms with E-state index in [2.05, 4.69) is 15.3 Å². The second-order valence-electron chi connectivity index (χ2n) is 4.60. The first-order valence-electron chi connectivity index (χ1n) is 6.27. The third-order valence-electron chi connectivity index (χ3n) is 3.42. The molecule has 0 saturated heterocycles. The number of primary amides is 1. The fraction of sp³-hybridized carbons (Fsp3) is 0.909. The molecule has 1 saturated carbocycles. The zero-order valence-electron chi connectivity index (χ0n) is 10.2. The fourth-order valence-corrected chi connectivity index (χ4v) is 2.41. The van der Waals surface area contributed by atoms with Gasteiger partial charge < -0.3 is 11.1 Å². The molecule has 1 fully saturated rings. The maximum atomic E-state index is 11.7. The van der Waals surface area contributed by atoms with Crippen molar-refractivity contribution in [2.45, 2.75) is 50.5 Å². The molecule has 0 bridgehead atoms. The van der Waals surface area contributed by atoms with Crippen LogP contribution in [-0.4, -0.2) is 24.5 Å². The number of nitrogens with zero attached hydrogens (tertiary/aromatic N) is 3. The lowest BCUT2D eigenvalue weighted by Gasteiger charge is -2.33. The van der Waals surface area contributed by atoms with Gasteiger partial charge in [-0.05, 0) is 18.4 Å². The second kappa shape index (κ2) is 7.14. The van der Waals surface area contributed by atoms with Gasteiger partial charge in [-0.3, -0.25) is 4.79 Å². The zero-order chi connectivity index (χ0) is 12.6. The first-order valence-corrected chi connectivity index (χ1v) is 6.27. The number of carbonyl (C=O) groups excluding carboxylic acids is 1. The molecule has 1 aliphatic rings. The number of nitrogens with one attached hydrogen (secondary N) is 1. The van der Waals surface area contributed by atoms with Crippen molar-refractivity contribution in [1.82, 2.24) is 5.32 Å². The molecule has 96 valence electrons. The molecule has 17 heavy (non-hydrogen) atoms. The molecule has 0 aromatic carbocycles. The highest BCUT2D eigenvalue weighted by Gasteiger charge is 2.35. The van der Waals surface area contributed by atoms with Gasteiger partial charge in [0.05, 0.1) is 5.54 Å². The summed E-state index contributed by atoms with van der Waals surface area (Å²) in [5, 5.41) is 6.65. The maximum Gasteiger partial charge on any atom is 0.237 e. The van der Waals surface area contributed by atoms with E-state index in [1.165, 1.54) is 6.42 Å². The van der Waals surface area contributed by atoms with Gasteiger partial charge in [-0.2, -0.15) is 0 Å². The fourth-order valence-electron chi connectivity index (χ4n) is 2.41. The van der Waals surface area contributed by atoms with Crippen LogP contribution in [-0.2, 0) is 4.79 Å². The molecular formula is C11H21N5O. The molecule has 0 radical (unpaired) electrons. The number of nitrogens with two attached hydrogens (primary N) is 1. The quantitative estimate of drug-likeness (QED) is 0.331. The van der Waals surface area contributed by atoms with E-state index in [9.17, 15) is 4.79 Å². The van der Waals surface area contributed by atoms with Gasteiger partial charge in [-0.15, -0.1) is 0 Å². The largest absolute Gasteiger partial charge is 0.368 e. The maximum absolute atomic E-state index is 11.7. The van der Waals surface area contributed by atoms with Gasteiger partial charge in [-0.25, -0.2) is 0 Å². The Morgan fingerprint density at radius 2 is 1.88 bits per heavy atom. The molecule has 0 unspecified atom stereocenters. The molecule has 1 rings (SSSR count). The molecule has 0 aromatic heterocycles. The lowest BCUT2D eigenvalue weighted by atomic mass is 9.83. The van der Waals surface area contributed by atoms with Gasteiger partial charge in [0.25, 0.3) is 0 Å². The van der Waals surface area contributed by atoms with Crippen LogP contribution in [0.15, 0.2) is 5.11 Å². The predicted octanol–water partition coefficient (Wildman–Crippen LogP) is 1.85. The minimum absolute atomic E-state index is 0.277. The van der Waals surface area contributed by atoms with Crippen LogP contribution in [0, 0.1) is 0 Å². The predicted molar refractivity (Wildman–Crippen MR) is 66.3 cm³/mol. The number of hydrogen-bond donors (Lipinski definition) is 2. The Morgan fingerprint density at radius 3 is 2.41 bits per heavy atom. The van der Waals surface area contributed by atoms with Crippen LogP contribution >= 0.6 is 0 Å². The van der Waals surface area contributed by atoms with E-state index in [1.54, 1.807) is 0 Å². The third-order valence-corrected chi connectivity index (χ3v) is 3.42. The Hall–Kier alpha value is -1.26. The molecule has 0 heterocycles. The third kappa shape index (κ3) is 4.24. The van der Waals surface area contributed by atoms with E-state index in [0.29, 0.717) is 13.1 Å². The average molecular weight is 239 g/mol. The van der Waals surface area contributed by atoms with Gasteiger partial charge in [0.2, 0.25) is 5.91 Å². The second-order valence-corrected chi connectivity index (χ2v) is 4.60. The molecule has 1 amide bonds. The lowest BCUT2D eigenvalue weighted by Crippen LogP contribution is -2.56. The van der Waals surface area contributed by atoms with E-state index in [-0.39, 0.29) is 5.91 Å². The summed E-state index contributed by atoms with van der Waals surface area (Å²) in [6.07, 6.45) is 7.19. The summed E-state index contributed by atoms with van der Waals surface area (Å²) < 4.78 is 0. The highest BCUT2D eigenvalue weighted by molar-refractivity contribution is 5.84. The molecule has 0 atom stereocenters. The molecule has 1 aliphatic carbocycles. The van der Waals surface area contributed by atoms with Crippen molar-refractivity contribution in [3.05, 3.63) is 10.4 Å². The van der Waals surface area contributed by atoms with Gasteiger partial charge in [-0.1, -0.05) is 37.2 Å². The summed E-state index contributed by atoms with van der Waals surface area (Å²) >= 11 is 0. The molecule has 0 aliphatic heterocycles. The molecule has 0 aromatic rings. The van der Waals surface area contributed by atoms with Crippen molar-refractivity contribution < 1.29 is 4.79 Å². The Kier molecular flexibility index (Phi) is 5.80. The van der Waals surface area contributed by atoms with Crippen LogP contribution < -0.4 is 11.1 Å². The summed E-state index contributed by atoms with van der Waals surface area (Å²) in [7, 11) is 0. The Labute approximate surface area is 102 Å². The van der Waals surface area contributed by atoms with Gasteiger partial charge >= 0.3 is 0 Å². The van der Waals surface area contributed by atoms with Crippen molar-refractivity contribution >= 4 is 5.91 Å². The van der Waals surface area contributed by atoms with E-state index in [1.807, 2.05) is 0 Å². The van der Waals surface area contributed by atoms with Crippen LogP contribution in [0.2, 0.25) is 0 Å². The molecular weight excluding hydrogens is 218 g/mol. The van der Waals surface area contributed by atoms with Crippen LogP contribution in [0.5, 0.6) is 0 Å². The van der Waals surface area contributed by atoms with E-state index in [4.69, 9.17) is 11.3 Å². The van der Waals surface area contributed by atoms with Gasteiger partial charge in [0.15, 0.2) is 0 Å². The monoisotopic (exact) mass is 239 g/mol. The lowest BCUT2D eigenvalue weighted by molar-refractivity contribution is -0.125. The van der Waals surface area contributed by atoms with Crippen molar-refractivity contribution in [2.75, 3.05) is 13.1 Å². The number of carbonyl (C=O) groups is 1. The van der Waals surface area contributed by atoms with Crippen molar-refractivity contribution in [3.8, 4) is 0 Å². The van der Waals surface area contributed by atoms with Crippen LogP contribution in [0.25, 0.3) is 10.4 Å². The van der Waals surface area contributed by atoms with Gasteiger partial charge in [0.1, 0.15) is 0 Å². The summed E-state index contributed by atoms with van der Waals surface area (Å²) in [6, 6.07) is 0. The van der Waals surface area contributed by atoms with Gasteiger partial charge in [0, 0.05) is 18.0 Å². The Balaban J connectivity index is 2.58. The first-order chi connectivity index (χ1) is 8.21. The Morgan fingerprint density at radius 1 is 1.29 bits per heavy atom. The average Bonchev–Trinajstić information content (AvgIpc) is 2.26. The minimum atomic E-state index is -0.592. The normalized spacial score (nSPS) is 19.8. The van der Waals surface area contributed by atoms with E-state index < -0.39 is 5.54 Å².